The Bertz CT molecular complexity index is 199. The summed E-state index contributed by atoms with van der Waals surface area (Å²) in [5.74, 6) is -0.665. The maximum absolute atomic E-state index is 11.1. The van der Waals surface area contributed by atoms with Crippen molar-refractivity contribution in [1.29, 1.82) is 0 Å². The minimum absolute atomic E-state index is 0.333. The molecule has 0 bridgehead atoms. The monoisotopic (exact) mass is 202 g/mol. The molecule has 0 radical (unpaired) electrons. The van der Waals surface area contributed by atoms with Gasteiger partial charge in [-0.25, -0.2) is 10.9 Å². The number of rotatable bonds is 2. The summed E-state index contributed by atoms with van der Waals surface area (Å²) in [4.78, 5) is 22.1. The van der Waals surface area contributed by atoms with Crippen LogP contribution in [-0.4, -0.2) is 38.2 Å². The number of nitrogens with one attached hydrogen (secondary N) is 2. The summed E-state index contributed by atoms with van der Waals surface area (Å²) in [5, 5.41) is 0. The fraction of sp³-hybridized carbons (Fsp3) is 0.750. The standard InChI is InChI=1S/C8H14N2O4/c1-13-7(11)5-3-4-6(10-9-5)8(12)14-2/h5-6,9-10H,3-4H2,1-2H3. The number of hydrogen-bond donors (Lipinski definition) is 2. The summed E-state index contributed by atoms with van der Waals surface area (Å²) in [6.07, 6.45) is 1.11. The Morgan fingerprint density at radius 1 is 1.00 bits per heavy atom. The summed E-state index contributed by atoms with van der Waals surface area (Å²) in [6.45, 7) is 0. The second-order valence-corrected chi connectivity index (χ2v) is 3.02. The lowest BCUT2D eigenvalue weighted by molar-refractivity contribution is -0.149. The lowest BCUT2D eigenvalue weighted by Gasteiger charge is -2.27. The minimum atomic E-state index is -0.388. The van der Waals surface area contributed by atoms with Gasteiger partial charge in [-0.2, -0.15) is 0 Å². The molecule has 0 aliphatic carbocycles. The first-order valence-corrected chi connectivity index (χ1v) is 4.35. The highest BCUT2D eigenvalue weighted by Gasteiger charge is 2.29. The first-order valence-electron chi connectivity index (χ1n) is 4.35. The number of esters is 2. The molecule has 2 atom stereocenters. The van der Waals surface area contributed by atoms with Gasteiger partial charge in [0.05, 0.1) is 14.2 Å². The Balaban J connectivity index is 2.38. The number of ether oxygens (including phenoxy) is 2. The Morgan fingerprint density at radius 2 is 1.36 bits per heavy atom. The van der Waals surface area contributed by atoms with Crippen LogP contribution in [0.1, 0.15) is 12.8 Å². The first kappa shape index (κ1) is 10.9. The molecule has 2 N–H and O–H groups in total. The van der Waals surface area contributed by atoms with Crippen LogP contribution < -0.4 is 10.9 Å². The molecular formula is C8H14N2O4. The molecule has 0 aromatic rings. The van der Waals surface area contributed by atoms with E-state index in [-0.39, 0.29) is 24.0 Å². The largest absolute Gasteiger partial charge is 0.468 e. The fourth-order valence-electron chi connectivity index (χ4n) is 1.32. The molecule has 6 heteroatoms. The van der Waals surface area contributed by atoms with E-state index in [0.29, 0.717) is 12.8 Å². The van der Waals surface area contributed by atoms with Crippen molar-refractivity contribution >= 4 is 11.9 Å². The van der Waals surface area contributed by atoms with Crippen molar-refractivity contribution in [3.05, 3.63) is 0 Å². The highest BCUT2D eigenvalue weighted by Crippen LogP contribution is 2.08. The van der Waals surface area contributed by atoms with E-state index in [0.717, 1.165) is 0 Å². The van der Waals surface area contributed by atoms with Crippen LogP contribution in [0.5, 0.6) is 0 Å². The molecular weight excluding hydrogens is 188 g/mol. The molecule has 1 aliphatic heterocycles. The van der Waals surface area contributed by atoms with Gasteiger partial charge in [-0.3, -0.25) is 9.59 Å². The van der Waals surface area contributed by atoms with E-state index in [1.807, 2.05) is 0 Å². The lowest BCUT2D eigenvalue weighted by Crippen LogP contribution is -2.57. The zero-order chi connectivity index (χ0) is 10.6. The van der Waals surface area contributed by atoms with E-state index in [1.165, 1.54) is 14.2 Å². The van der Waals surface area contributed by atoms with Crippen molar-refractivity contribution in [2.75, 3.05) is 14.2 Å². The number of hydrazine groups is 1. The fourth-order valence-corrected chi connectivity index (χ4v) is 1.32. The average molecular weight is 202 g/mol. The Kier molecular flexibility index (Phi) is 3.84. The molecule has 0 aromatic heterocycles. The highest BCUT2D eigenvalue weighted by atomic mass is 16.5. The van der Waals surface area contributed by atoms with Crippen molar-refractivity contribution in [2.24, 2.45) is 0 Å². The molecule has 6 nitrogen and oxygen atoms in total. The molecule has 1 fully saturated rings. The van der Waals surface area contributed by atoms with Gasteiger partial charge >= 0.3 is 11.9 Å². The van der Waals surface area contributed by atoms with Crippen LogP contribution in [0.4, 0.5) is 0 Å². The molecule has 1 saturated heterocycles. The van der Waals surface area contributed by atoms with Gasteiger partial charge in [0, 0.05) is 0 Å². The van der Waals surface area contributed by atoms with Crippen LogP contribution in [0.2, 0.25) is 0 Å². The van der Waals surface area contributed by atoms with E-state index < -0.39 is 0 Å². The maximum atomic E-state index is 11.1. The van der Waals surface area contributed by atoms with E-state index in [9.17, 15) is 9.59 Å². The third-order valence-corrected chi connectivity index (χ3v) is 2.15. The first-order chi connectivity index (χ1) is 6.69. The van der Waals surface area contributed by atoms with Crippen LogP contribution in [0, 0.1) is 0 Å². The molecule has 2 unspecified atom stereocenters. The Morgan fingerprint density at radius 3 is 1.57 bits per heavy atom. The van der Waals surface area contributed by atoms with Gasteiger partial charge in [-0.05, 0) is 12.8 Å². The second-order valence-electron chi connectivity index (χ2n) is 3.02. The lowest BCUT2D eigenvalue weighted by atomic mass is 10.0. The van der Waals surface area contributed by atoms with Gasteiger partial charge in [-0.15, -0.1) is 0 Å². The van der Waals surface area contributed by atoms with Crippen LogP contribution >= 0.6 is 0 Å². The van der Waals surface area contributed by atoms with Crippen molar-refractivity contribution in [1.82, 2.24) is 10.9 Å². The summed E-state index contributed by atoms with van der Waals surface area (Å²) in [6, 6.07) is -0.776. The quantitative estimate of drug-likeness (QED) is 0.557. The predicted octanol–water partition coefficient (Wildman–Crippen LogP) is -1.04. The Labute approximate surface area is 81.9 Å². The van der Waals surface area contributed by atoms with Gasteiger partial charge in [0.2, 0.25) is 0 Å². The molecule has 0 amide bonds. The second kappa shape index (κ2) is 4.92. The average Bonchev–Trinajstić information content (AvgIpc) is 2.27. The molecule has 14 heavy (non-hydrogen) atoms. The zero-order valence-electron chi connectivity index (χ0n) is 8.20. The maximum Gasteiger partial charge on any atom is 0.324 e. The number of methoxy groups -OCH3 is 2. The number of hydrogen-bond acceptors (Lipinski definition) is 6. The Hall–Kier alpha value is -1.14. The van der Waals surface area contributed by atoms with Gasteiger partial charge < -0.3 is 9.47 Å². The van der Waals surface area contributed by atoms with Gasteiger partial charge in [0.15, 0.2) is 0 Å². The highest BCUT2D eigenvalue weighted by molar-refractivity contribution is 5.78. The molecule has 80 valence electrons. The smallest absolute Gasteiger partial charge is 0.324 e. The van der Waals surface area contributed by atoms with Crippen molar-refractivity contribution in [3.63, 3.8) is 0 Å². The van der Waals surface area contributed by atoms with Crippen LogP contribution in [0.3, 0.4) is 0 Å². The van der Waals surface area contributed by atoms with Crippen molar-refractivity contribution in [2.45, 2.75) is 24.9 Å². The van der Waals surface area contributed by atoms with Gasteiger partial charge in [-0.1, -0.05) is 0 Å². The molecule has 1 aliphatic rings. The van der Waals surface area contributed by atoms with Gasteiger partial charge in [0.25, 0.3) is 0 Å². The normalized spacial score (nSPS) is 26.7. The van der Waals surface area contributed by atoms with Crippen molar-refractivity contribution in [3.8, 4) is 0 Å². The number of carbonyl (C=O) groups is 2. The minimum Gasteiger partial charge on any atom is -0.468 e. The SMILES string of the molecule is COC(=O)C1CCC(C(=O)OC)NN1. The van der Waals surface area contributed by atoms with E-state index in [4.69, 9.17) is 0 Å². The van der Waals surface area contributed by atoms with Crippen LogP contribution in [0.25, 0.3) is 0 Å². The molecule has 0 spiro atoms. The van der Waals surface area contributed by atoms with E-state index in [2.05, 4.69) is 20.3 Å². The topological polar surface area (TPSA) is 76.7 Å². The molecule has 1 heterocycles. The third kappa shape index (κ3) is 2.43. The summed E-state index contributed by atoms with van der Waals surface area (Å²) in [5.41, 5.74) is 5.42. The summed E-state index contributed by atoms with van der Waals surface area (Å²) < 4.78 is 9.11. The van der Waals surface area contributed by atoms with Crippen LogP contribution in [-0.2, 0) is 19.1 Å². The van der Waals surface area contributed by atoms with Crippen molar-refractivity contribution < 1.29 is 19.1 Å². The summed E-state index contributed by atoms with van der Waals surface area (Å²) in [7, 11) is 2.66. The zero-order valence-corrected chi connectivity index (χ0v) is 8.20. The summed E-state index contributed by atoms with van der Waals surface area (Å²) >= 11 is 0. The number of carbonyl (C=O) groups excluding carboxylic acids is 2. The predicted molar refractivity (Wildman–Crippen MR) is 47.1 cm³/mol. The molecule has 0 aromatic carbocycles. The molecule has 1 rings (SSSR count). The van der Waals surface area contributed by atoms with E-state index in [1.54, 1.807) is 0 Å². The van der Waals surface area contributed by atoms with E-state index >= 15 is 0 Å². The van der Waals surface area contributed by atoms with Gasteiger partial charge in [0.1, 0.15) is 12.1 Å². The van der Waals surface area contributed by atoms with Crippen LogP contribution in [0.15, 0.2) is 0 Å². The third-order valence-electron chi connectivity index (χ3n) is 2.15. The molecule has 0 saturated carbocycles.